The van der Waals surface area contributed by atoms with E-state index in [1.54, 1.807) is 36.5 Å². The number of ketones is 1. The fraction of sp³-hybridized carbons (Fsp3) is 0.185. The van der Waals surface area contributed by atoms with E-state index in [9.17, 15) is 19.2 Å². The van der Waals surface area contributed by atoms with Crippen LogP contribution in [0.15, 0.2) is 77.5 Å². The molecule has 0 radical (unpaired) electrons. The summed E-state index contributed by atoms with van der Waals surface area (Å²) < 4.78 is 10.2. The van der Waals surface area contributed by atoms with Crippen molar-refractivity contribution in [3.05, 3.63) is 95.6 Å². The second kappa shape index (κ2) is 7.80. The van der Waals surface area contributed by atoms with Gasteiger partial charge in [-0.25, -0.2) is 9.69 Å². The van der Waals surface area contributed by atoms with E-state index in [0.717, 1.165) is 16.0 Å². The summed E-state index contributed by atoms with van der Waals surface area (Å²) in [5.41, 5.74) is 2.04. The van der Waals surface area contributed by atoms with Crippen LogP contribution in [-0.2, 0) is 14.3 Å². The van der Waals surface area contributed by atoms with Crippen LogP contribution in [0.3, 0.4) is 0 Å². The molecule has 2 amide bonds. The van der Waals surface area contributed by atoms with Crippen molar-refractivity contribution in [2.45, 2.75) is 12.1 Å². The molecule has 0 bridgehead atoms. The van der Waals surface area contributed by atoms with E-state index in [4.69, 9.17) is 9.15 Å². The molecule has 4 atom stereocenters. The number of carbonyl (C=O) groups excluding carboxylic acids is 4. The number of methoxy groups -OCH3 is 1. The van der Waals surface area contributed by atoms with Gasteiger partial charge in [-0.15, -0.1) is 0 Å². The molecule has 3 aromatic rings. The molecular weight excluding hydrogens is 448 g/mol. The van der Waals surface area contributed by atoms with Crippen LogP contribution in [0.4, 0.5) is 5.69 Å². The van der Waals surface area contributed by atoms with Crippen LogP contribution >= 0.6 is 0 Å². The third-order valence-corrected chi connectivity index (χ3v) is 7.04. The number of hydrogen-bond donors (Lipinski definition) is 0. The van der Waals surface area contributed by atoms with Crippen LogP contribution in [0, 0.1) is 11.8 Å². The first-order valence-electron chi connectivity index (χ1n) is 11.2. The molecule has 174 valence electrons. The monoisotopic (exact) mass is 468 g/mol. The Kier molecular flexibility index (Phi) is 4.70. The molecule has 0 N–H and O–H groups in total. The molecule has 2 fully saturated rings. The number of para-hydroxylation sites is 1. The Morgan fingerprint density at radius 1 is 0.914 bits per heavy atom. The molecule has 0 unspecified atom stereocenters. The van der Waals surface area contributed by atoms with Crippen molar-refractivity contribution >= 4 is 35.3 Å². The van der Waals surface area contributed by atoms with Gasteiger partial charge >= 0.3 is 5.97 Å². The topological polar surface area (TPSA) is 97.1 Å². The number of amides is 2. The fourth-order valence-corrected chi connectivity index (χ4v) is 5.61. The Balaban J connectivity index is 1.51. The number of hydrogen-bond acceptors (Lipinski definition) is 7. The Hall–Kier alpha value is -4.46. The molecule has 0 spiro atoms. The number of imide groups is 1. The lowest BCUT2D eigenvalue weighted by Crippen LogP contribution is -2.44. The summed E-state index contributed by atoms with van der Waals surface area (Å²) in [5, 5.41) is 0. The van der Waals surface area contributed by atoms with Gasteiger partial charge in [0.1, 0.15) is 6.04 Å². The number of carbonyl (C=O) groups is 4. The zero-order valence-electron chi connectivity index (χ0n) is 18.7. The third-order valence-electron chi connectivity index (χ3n) is 7.04. The lowest BCUT2D eigenvalue weighted by Gasteiger charge is -2.35. The smallest absolute Gasteiger partial charge is 0.339 e. The highest BCUT2D eigenvalue weighted by Gasteiger charge is 2.65. The number of anilines is 1. The van der Waals surface area contributed by atoms with Gasteiger partial charge in [-0.05, 0) is 41.5 Å². The molecule has 0 saturated carbocycles. The van der Waals surface area contributed by atoms with Crippen LogP contribution in [0.2, 0.25) is 0 Å². The molecule has 8 nitrogen and oxygen atoms in total. The summed E-state index contributed by atoms with van der Waals surface area (Å²) in [6, 6.07) is 15.7. The first-order chi connectivity index (χ1) is 17.0. The van der Waals surface area contributed by atoms with Gasteiger partial charge < -0.3 is 14.1 Å². The second-order valence-corrected chi connectivity index (χ2v) is 8.70. The van der Waals surface area contributed by atoms with Gasteiger partial charge in [0.15, 0.2) is 5.76 Å². The zero-order valence-corrected chi connectivity index (χ0v) is 18.7. The number of ether oxygens (including phenoxy) is 1. The highest BCUT2D eigenvalue weighted by molar-refractivity contribution is 6.26. The van der Waals surface area contributed by atoms with Crippen molar-refractivity contribution in [2.24, 2.45) is 11.8 Å². The van der Waals surface area contributed by atoms with E-state index >= 15 is 0 Å². The molecule has 0 aliphatic carbocycles. The van der Waals surface area contributed by atoms with Gasteiger partial charge in [0.25, 0.3) is 0 Å². The van der Waals surface area contributed by atoms with Crippen molar-refractivity contribution in [3.8, 4) is 0 Å². The summed E-state index contributed by atoms with van der Waals surface area (Å²) in [6.07, 6.45) is 5.07. The fourth-order valence-electron chi connectivity index (χ4n) is 5.61. The van der Waals surface area contributed by atoms with E-state index in [0.29, 0.717) is 0 Å². The molecule has 6 rings (SSSR count). The second-order valence-electron chi connectivity index (χ2n) is 8.70. The van der Waals surface area contributed by atoms with Crippen LogP contribution in [0.25, 0.3) is 6.08 Å². The molecule has 1 aromatic heterocycles. The number of furan rings is 1. The number of nitrogens with zero attached hydrogens (tertiary/aromatic N) is 2. The lowest BCUT2D eigenvalue weighted by molar-refractivity contribution is -0.123. The highest BCUT2D eigenvalue weighted by atomic mass is 16.5. The molecule has 2 aromatic carbocycles. The maximum atomic E-state index is 13.9. The van der Waals surface area contributed by atoms with Crippen molar-refractivity contribution in [1.82, 2.24) is 4.90 Å². The quantitative estimate of drug-likeness (QED) is 0.329. The first-order valence-corrected chi connectivity index (χ1v) is 11.2. The first kappa shape index (κ1) is 21.1. The normalized spacial score (nSPS) is 24.3. The number of esters is 1. The van der Waals surface area contributed by atoms with Crippen molar-refractivity contribution in [3.63, 3.8) is 0 Å². The number of Topliss-reactive ketones (excluding diaryl/α,β-unsaturated/α-hetero) is 1. The van der Waals surface area contributed by atoms with E-state index in [1.807, 2.05) is 35.2 Å². The van der Waals surface area contributed by atoms with Gasteiger partial charge in [0.2, 0.25) is 17.6 Å². The van der Waals surface area contributed by atoms with Crippen LogP contribution in [0.5, 0.6) is 0 Å². The van der Waals surface area contributed by atoms with E-state index < -0.39 is 41.7 Å². The van der Waals surface area contributed by atoms with Gasteiger partial charge in [0, 0.05) is 6.20 Å². The van der Waals surface area contributed by atoms with Gasteiger partial charge in [-0.2, -0.15) is 0 Å². The summed E-state index contributed by atoms with van der Waals surface area (Å²) >= 11 is 0. The van der Waals surface area contributed by atoms with Crippen molar-refractivity contribution < 1.29 is 28.3 Å². The SMILES string of the molecule is COC(=O)c1ccccc1N1C(=O)[C@@H]2[C@H](C1=O)[C@@H]1c3ccccc3C=CN1[C@@H]2C(=O)c1ccco1. The predicted octanol–water partition coefficient (Wildman–Crippen LogP) is 3.46. The number of benzene rings is 2. The van der Waals surface area contributed by atoms with Crippen molar-refractivity contribution in [2.75, 3.05) is 12.0 Å². The van der Waals surface area contributed by atoms with Gasteiger partial charge in [-0.3, -0.25) is 14.4 Å². The summed E-state index contributed by atoms with van der Waals surface area (Å²) in [4.78, 5) is 56.7. The third kappa shape index (κ3) is 2.92. The largest absolute Gasteiger partial charge is 0.465 e. The lowest BCUT2D eigenvalue weighted by atomic mass is 9.84. The van der Waals surface area contributed by atoms with Crippen LogP contribution in [-0.4, -0.2) is 41.6 Å². The highest BCUT2D eigenvalue weighted by Crippen LogP contribution is 2.54. The Morgan fingerprint density at radius 2 is 1.66 bits per heavy atom. The molecule has 3 aliphatic heterocycles. The van der Waals surface area contributed by atoms with Gasteiger partial charge in [0.05, 0.1) is 42.5 Å². The minimum absolute atomic E-state index is 0.103. The molecule has 3 aliphatic rings. The summed E-state index contributed by atoms with van der Waals surface area (Å²) in [6.45, 7) is 0. The van der Waals surface area contributed by atoms with Gasteiger partial charge in [-0.1, -0.05) is 36.4 Å². The van der Waals surface area contributed by atoms with Crippen LogP contribution < -0.4 is 4.90 Å². The maximum absolute atomic E-state index is 13.9. The summed E-state index contributed by atoms with van der Waals surface area (Å²) in [7, 11) is 1.24. The minimum Gasteiger partial charge on any atom is -0.465 e. The Morgan fingerprint density at radius 3 is 2.43 bits per heavy atom. The molecule has 2 saturated heterocycles. The molecule has 4 heterocycles. The van der Waals surface area contributed by atoms with Crippen LogP contribution in [0.1, 0.15) is 38.1 Å². The molecular formula is C27H20N2O6. The Bertz CT molecular complexity index is 1410. The molecule has 8 heteroatoms. The van der Waals surface area contributed by atoms with E-state index in [-0.39, 0.29) is 22.8 Å². The van der Waals surface area contributed by atoms with Crippen molar-refractivity contribution in [1.29, 1.82) is 0 Å². The maximum Gasteiger partial charge on any atom is 0.339 e. The molecule has 35 heavy (non-hydrogen) atoms. The standard InChI is InChI=1S/C27H20N2O6/c1-34-27(33)17-9-4-5-10-18(17)29-25(31)20-21(26(29)32)23(24(30)19-11-6-14-35-19)28-13-12-15-7-2-3-8-16(15)22(20)28/h2-14,20-23H,1H3/t20-,21+,22-,23-/m0/s1. The number of rotatable bonds is 4. The Labute approximate surface area is 200 Å². The summed E-state index contributed by atoms with van der Waals surface area (Å²) in [5.74, 6) is -3.66. The average Bonchev–Trinajstić information content (AvgIpc) is 3.60. The van der Waals surface area contributed by atoms with E-state index in [2.05, 4.69) is 0 Å². The average molecular weight is 468 g/mol. The van der Waals surface area contributed by atoms with E-state index in [1.165, 1.54) is 19.4 Å². The zero-order chi connectivity index (χ0) is 24.3. The number of fused-ring (bicyclic) bond motifs is 5. The predicted molar refractivity (Wildman–Crippen MR) is 124 cm³/mol. The minimum atomic E-state index is -0.952.